The Balaban J connectivity index is 1.51. The first kappa shape index (κ1) is 12.9. The summed E-state index contributed by atoms with van der Waals surface area (Å²) in [6, 6.07) is 0. The summed E-state index contributed by atoms with van der Waals surface area (Å²) in [5.74, 6) is 3.81. The monoisotopic (exact) mass is 251 g/mol. The van der Waals surface area contributed by atoms with Crippen LogP contribution in [0.25, 0.3) is 0 Å². The van der Waals surface area contributed by atoms with E-state index in [-0.39, 0.29) is 5.54 Å². The first-order valence-electron chi connectivity index (χ1n) is 8.07. The van der Waals surface area contributed by atoms with Crippen molar-refractivity contribution in [1.29, 1.82) is 0 Å². The van der Waals surface area contributed by atoms with Crippen molar-refractivity contribution < 1.29 is 5.11 Å². The van der Waals surface area contributed by atoms with Crippen molar-refractivity contribution in [2.75, 3.05) is 13.2 Å². The number of hydrogen-bond donors (Lipinski definition) is 2. The van der Waals surface area contributed by atoms with Crippen LogP contribution in [-0.2, 0) is 0 Å². The lowest BCUT2D eigenvalue weighted by atomic mass is 9.77. The standard InChI is InChI=1S/C16H29NO/c1-12-4-6-16(11-18,7-5-12)17-10-15-9-13-2-3-14(15)8-13/h12-15,17-18H,2-11H2,1H3. The number of aliphatic hydroxyl groups is 1. The van der Waals surface area contributed by atoms with E-state index in [1.807, 2.05) is 0 Å². The molecule has 3 rings (SSSR count). The van der Waals surface area contributed by atoms with Gasteiger partial charge in [0.15, 0.2) is 0 Å². The van der Waals surface area contributed by atoms with Crippen molar-refractivity contribution >= 4 is 0 Å². The van der Waals surface area contributed by atoms with Gasteiger partial charge in [-0.15, -0.1) is 0 Å². The molecule has 0 amide bonds. The van der Waals surface area contributed by atoms with Gasteiger partial charge in [0.05, 0.1) is 6.61 Å². The van der Waals surface area contributed by atoms with E-state index in [0.29, 0.717) is 6.61 Å². The lowest BCUT2D eigenvalue weighted by molar-refractivity contribution is 0.0974. The molecule has 0 aromatic rings. The summed E-state index contributed by atoms with van der Waals surface area (Å²) in [4.78, 5) is 0. The van der Waals surface area contributed by atoms with Gasteiger partial charge >= 0.3 is 0 Å². The van der Waals surface area contributed by atoms with Gasteiger partial charge in [-0.3, -0.25) is 0 Å². The Morgan fingerprint density at radius 1 is 1.11 bits per heavy atom. The molecule has 3 aliphatic carbocycles. The molecule has 2 heteroatoms. The maximum absolute atomic E-state index is 9.77. The fourth-order valence-corrected chi connectivity index (χ4v) is 4.68. The highest BCUT2D eigenvalue weighted by Crippen LogP contribution is 2.48. The Morgan fingerprint density at radius 3 is 2.44 bits per heavy atom. The van der Waals surface area contributed by atoms with Crippen LogP contribution >= 0.6 is 0 Å². The second-order valence-corrected chi connectivity index (χ2v) is 7.44. The quantitative estimate of drug-likeness (QED) is 0.805. The van der Waals surface area contributed by atoms with E-state index >= 15 is 0 Å². The number of rotatable bonds is 4. The third-order valence-corrected chi connectivity index (χ3v) is 6.16. The van der Waals surface area contributed by atoms with Crippen LogP contribution in [0.2, 0.25) is 0 Å². The SMILES string of the molecule is CC1CCC(CO)(NCC2CC3CCC2C3)CC1. The van der Waals surface area contributed by atoms with E-state index in [2.05, 4.69) is 12.2 Å². The fraction of sp³-hybridized carbons (Fsp3) is 1.00. The molecule has 3 saturated carbocycles. The molecule has 0 heterocycles. The van der Waals surface area contributed by atoms with Gasteiger partial charge in [0.1, 0.15) is 0 Å². The molecule has 0 saturated heterocycles. The number of nitrogens with one attached hydrogen (secondary N) is 1. The van der Waals surface area contributed by atoms with Gasteiger partial charge in [-0.05, 0) is 75.2 Å². The molecule has 0 aromatic heterocycles. The van der Waals surface area contributed by atoms with E-state index in [1.54, 1.807) is 0 Å². The highest BCUT2D eigenvalue weighted by atomic mass is 16.3. The minimum absolute atomic E-state index is 0.0638. The van der Waals surface area contributed by atoms with Crippen molar-refractivity contribution in [2.24, 2.45) is 23.7 Å². The molecule has 0 aromatic carbocycles. The van der Waals surface area contributed by atoms with E-state index in [0.717, 1.165) is 30.2 Å². The average Bonchev–Trinajstić information content (AvgIpc) is 3.01. The number of aliphatic hydroxyl groups excluding tert-OH is 1. The molecule has 3 atom stereocenters. The summed E-state index contributed by atoms with van der Waals surface area (Å²) < 4.78 is 0. The summed E-state index contributed by atoms with van der Waals surface area (Å²) in [6.45, 7) is 3.84. The van der Waals surface area contributed by atoms with Crippen molar-refractivity contribution in [3.63, 3.8) is 0 Å². The van der Waals surface area contributed by atoms with Crippen molar-refractivity contribution in [3.8, 4) is 0 Å². The largest absolute Gasteiger partial charge is 0.394 e. The van der Waals surface area contributed by atoms with E-state index in [1.165, 1.54) is 51.4 Å². The zero-order valence-corrected chi connectivity index (χ0v) is 11.8. The molecule has 3 fully saturated rings. The number of hydrogen-bond acceptors (Lipinski definition) is 2. The molecule has 2 bridgehead atoms. The van der Waals surface area contributed by atoms with Crippen LogP contribution < -0.4 is 5.32 Å². The van der Waals surface area contributed by atoms with E-state index < -0.39 is 0 Å². The van der Waals surface area contributed by atoms with Gasteiger partial charge in [-0.25, -0.2) is 0 Å². The van der Waals surface area contributed by atoms with Crippen LogP contribution in [0.15, 0.2) is 0 Å². The van der Waals surface area contributed by atoms with Crippen LogP contribution in [0.5, 0.6) is 0 Å². The molecule has 0 aliphatic heterocycles. The first-order valence-corrected chi connectivity index (χ1v) is 8.07. The minimum atomic E-state index is 0.0638. The van der Waals surface area contributed by atoms with Crippen LogP contribution in [0.1, 0.15) is 58.3 Å². The summed E-state index contributed by atoms with van der Waals surface area (Å²) in [5, 5.41) is 13.6. The Bertz CT molecular complexity index is 283. The summed E-state index contributed by atoms with van der Waals surface area (Å²) >= 11 is 0. The van der Waals surface area contributed by atoms with Crippen LogP contribution in [0, 0.1) is 23.7 Å². The van der Waals surface area contributed by atoms with Crippen molar-refractivity contribution in [2.45, 2.75) is 63.8 Å². The third kappa shape index (κ3) is 2.46. The van der Waals surface area contributed by atoms with E-state index in [4.69, 9.17) is 0 Å². The molecule has 0 spiro atoms. The van der Waals surface area contributed by atoms with Crippen molar-refractivity contribution in [3.05, 3.63) is 0 Å². The fourth-order valence-electron chi connectivity index (χ4n) is 4.68. The zero-order valence-electron chi connectivity index (χ0n) is 11.8. The molecule has 2 N–H and O–H groups in total. The van der Waals surface area contributed by atoms with Gasteiger partial charge in [-0.1, -0.05) is 13.3 Å². The molecule has 0 radical (unpaired) electrons. The Hall–Kier alpha value is -0.0800. The maximum atomic E-state index is 9.77. The summed E-state index contributed by atoms with van der Waals surface area (Å²) in [5.41, 5.74) is 0.0638. The molecular formula is C16H29NO. The van der Waals surface area contributed by atoms with Crippen LogP contribution in [0.4, 0.5) is 0 Å². The smallest absolute Gasteiger partial charge is 0.0613 e. The highest BCUT2D eigenvalue weighted by Gasteiger charge is 2.41. The lowest BCUT2D eigenvalue weighted by Gasteiger charge is -2.40. The topological polar surface area (TPSA) is 32.3 Å². The first-order chi connectivity index (χ1) is 8.71. The van der Waals surface area contributed by atoms with Gasteiger partial charge in [0, 0.05) is 5.54 Å². The molecule has 18 heavy (non-hydrogen) atoms. The normalized spacial score (nSPS) is 47.7. The van der Waals surface area contributed by atoms with Crippen LogP contribution in [-0.4, -0.2) is 23.8 Å². The van der Waals surface area contributed by atoms with Gasteiger partial charge in [-0.2, -0.15) is 0 Å². The third-order valence-electron chi connectivity index (χ3n) is 6.16. The molecular weight excluding hydrogens is 222 g/mol. The second kappa shape index (κ2) is 5.13. The van der Waals surface area contributed by atoms with Crippen molar-refractivity contribution in [1.82, 2.24) is 5.32 Å². The summed E-state index contributed by atoms with van der Waals surface area (Å²) in [7, 11) is 0. The molecule has 3 aliphatic rings. The highest BCUT2D eigenvalue weighted by molar-refractivity contribution is 4.96. The Morgan fingerprint density at radius 2 is 1.89 bits per heavy atom. The molecule has 104 valence electrons. The van der Waals surface area contributed by atoms with Gasteiger partial charge < -0.3 is 10.4 Å². The summed E-state index contributed by atoms with van der Waals surface area (Å²) in [6.07, 6.45) is 10.8. The van der Waals surface area contributed by atoms with Gasteiger partial charge in [0.2, 0.25) is 0 Å². The van der Waals surface area contributed by atoms with Gasteiger partial charge in [0.25, 0.3) is 0 Å². The molecule has 2 nitrogen and oxygen atoms in total. The Labute approximate surface area is 112 Å². The maximum Gasteiger partial charge on any atom is 0.0613 e. The zero-order chi connectivity index (χ0) is 12.6. The minimum Gasteiger partial charge on any atom is -0.394 e. The lowest BCUT2D eigenvalue weighted by Crippen LogP contribution is -2.52. The second-order valence-electron chi connectivity index (χ2n) is 7.44. The number of fused-ring (bicyclic) bond motifs is 2. The van der Waals surface area contributed by atoms with E-state index in [9.17, 15) is 5.11 Å². The average molecular weight is 251 g/mol. The Kier molecular flexibility index (Phi) is 3.68. The predicted octanol–water partition coefficient (Wildman–Crippen LogP) is 2.95. The predicted molar refractivity (Wildman–Crippen MR) is 74.4 cm³/mol. The van der Waals surface area contributed by atoms with Crippen LogP contribution in [0.3, 0.4) is 0 Å². The molecule has 3 unspecified atom stereocenters.